The van der Waals surface area contributed by atoms with Gasteiger partial charge in [0.15, 0.2) is 0 Å². The van der Waals surface area contributed by atoms with E-state index in [2.05, 4.69) is 25.1 Å². The number of aromatic hydroxyl groups is 1. The lowest BCUT2D eigenvalue weighted by atomic mass is 10.0. The number of rotatable bonds is 4. The number of phenolic OH excluding ortho intramolecular Hbond substituents is 1. The van der Waals surface area contributed by atoms with Crippen LogP contribution in [-0.4, -0.2) is 41.7 Å². The van der Waals surface area contributed by atoms with E-state index in [0.717, 1.165) is 40.2 Å². The van der Waals surface area contributed by atoms with Crippen LogP contribution in [0.4, 0.5) is 0 Å². The molecule has 4 heterocycles. The van der Waals surface area contributed by atoms with E-state index in [9.17, 15) is 9.90 Å². The number of phenols is 1. The molecule has 1 aromatic carbocycles. The van der Waals surface area contributed by atoms with Crippen molar-refractivity contribution in [2.24, 2.45) is 0 Å². The molecule has 3 aromatic heterocycles. The largest absolute Gasteiger partial charge is 0.508 e. The lowest BCUT2D eigenvalue weighted by molar-refractivity contribution is 0.241. The van der Waals surface area contributed by atoms with Crippen molar-refractivity contribution in [1.29, 1.82) is 0 Å². The SMILES string of the molecule is O=c1[nH]c(-c2ccncc2)nc2c1CCN(Cc1cn[nH]c1-c1ccc(O)cc1)C2. The molecule has 3 N–H and O–H groups in total. The number of fused-ring (bicyclic) bond motifs is 1. The quantitative estimate of drug-likeness (QED) is 0.485. The van der Waals surface area contributed by atoms with Crippen LogP contribution in [-0.2, 0) is 19.5 Å². The highest BCUT2D eigenvalue weighted by Gasteiger charge is 2.22. The fourth-order valence-electron chi connectivity index (χ4n) is 3.83. The Morgan fingerprint density at radius 3 is 2.67 bits per heavy atom. The summed E-state index contributed by atoms with van der Waals surface area (Å²) in [6, 6.07) is 10.7. The van der Waals surface area contributed by atoms with Crippen molar-refractivity contribution in [3.05, 3.63) is 82.2 Å². The predicted molar refractivity (Wildman–Crippen MR) is 112 cm³/mol. The van der Waals surface area contributed by atoms with Gasteiger partial charge in [0.2, 0.25) is 0 Å². The van der Waals surface area contributed by atoms with Crippen LogP contribution in [0.2, 0.25) is 0 Å². The first-order valence-corrected chi connectivity index (χ1v) is 9.74. The van der Waals surface area contributed by atoms with Gasteiger partial charge < -0.3 is 10.1 Å². The Labute approximate surface area is 172 Å². The average molecular weight is 400 g/mol. The third-order valence-corrected chi connectivity index (χ3v) is 5.37. The van der Waals surface area contributed by atoms with Crippen LogP contribution in [0.3, 0.4) is 0 Å². The molecule has 0 fully saturated rings. The van der Waals surface area contributed by atoms with Crippen LogP contribution in [0.15, 0.2) is 59.8 Å². The second kappa shape index (κ2) is 7.57. The zero-order valence-electron chi connectivity index (χ0n) is 16.2. The van der Waals surface area contributed by atoms with Crippen molar-refractivity contribution in [2.45, 2.75) is 19.5 Å². The van der Waals surface area contributed by atoms with E-state index in [1.54, 1.807) is 24.5 Å². The molecule has 0 unspecified atom stereocenters. The molecule has 0 radical (unpaired) electrons. The second-order valence-electron chi connectivity index (χ2n) is 7.35. The molecule has 5 rings (SSSR count). The molecule has 0 saturated carbocycles. The number of nitrogens with zero attached hydrogens (tertiary/aromatic N) is 4. The summed E-state index contributed by atoms with van der Waals surface area (Å²) in [6.07, 6.45) is 5.85. The summed E-state index contributed by atoms with van der Waals surface area (Å²) < 4.78 is 0. The summed E-state index contributed by atoms with van der Waals surface area (Å²) in [5.74, 6) is 0.796. The number of benzene rings is 1. The summed E-state index contributed by atoms with van der Waals surface area (Å²) in [7, 11) is 0. The summed E-state index contributed by atoms with van der Waals surface area (Å²) in [5, 5.41) is 16.8. The van der Waals surface area contributed by atoms with E-state index in [0.29, 0.717) is 25.3 Å². The summed E-state index contributed by atoms with van der Waals surface area (Å²) in [5.41, 5.74) is 5.29. The standard InChI is InChI=1S/C22H20N6O2/c29-17-3-1-14(2-4-17)20-16(11-24-27-20)12-28-10-7-18-19(13-28)25-21(26-22(18)30)15-5-8-23-9-6-15/h1-6,8-9,11,29H,7,10,12-13H2,(H,24,27)(H,25,26,30). The minimum Gasteiger partial charge on any atom is -0.508 e. The fourth-order valence-corrected chi connectivity index (χ4v) is 3.83. The number of H-pyrrole nitrogens is 2. The van der Waals surface area contributed by atoms with Gasteiger partial charge >= 0.3 is 0 Å². The maximum atomic E-state index is 12.6. The van der Waals surface area contributed by atoms with Crippen molar-refractivity contribution in [2.75, 3.05) is 6.54 Å². The van der Waals surface area contributed by atoms with Crippen molar-refractivity contribution in [3.63, 3.8) is 0 Å². The Balaban J connectivity index is 1.40. The number of aromatic nitrogens is 5. The molecule has 0 bridgehead atoms. The van der Waals surface area contributed by atoms with E-state index >= 15 is 0 Å². The lowest BCUT2D eigenvalue weighted by Gasteiger charge is -2.27. The van der Waals surface area contributed by atoms with Gasteiger partial charge in [-0.3, -0.25) is 19.8 Å². The Kier molecular flexibility index (Phi) is 4.61. The van der Waals surface area contributed by atoms with Gasteiger partial charge in [-0.2, -0.15) is 5.10 Å². The van der Waals surface area contributed by atoms with Gasteiger partial charge in [0, 0.05) is 54.3 Å². The summed E-state index contributed by atoms with van der Waals surface area (Å²) in [6.45, 7) is 2.05. The molecule has 0 saturated heterocycles. The average Bonchev–Trinajstić information content (AvgIpc) is 3.22. The lowest BCUT2D eigenvalue weighted by Crippen LogP contribution is -2.35. The maximum Gasteiger partial charge on any atom is 0.254 e. The van der Waals surface area contributed by atoms with Crippen molar-refractivity contribution < 1.29 is 5.11 Å². The Morgan fingerprint density at radius 2 is 1.87 bits per heavy atom. The molecule has 1 aliphatic heterocycles. The van der Waals surface area contributed by atoms with E-state index in [-0.39, 0.29) is 11.3 Å². The number of nitrogens with one attached hydrogen (secondary N) is 2. The molecule has 8 nitrogen and oxygen atoms in total. The molecule has 0 aliphatic carbocycles. The first-order chi connectivity index (χ1) is 14.7. The fraction of sp³-hybridized carbons (Fsp3) is 0.182. The third-order valence-electron chi connectivity index (χ3n) is 5.37. The zero-order valence-corrected chi connectivity index (χ0v) is 16.2. The van der Waals surface area contributed by atoms with Gasteiger partial charge in [-0.05, 0) is 42.8 Å². The minimum atomic E-state index is -0.0699. The highest BCUT2D eigenvalue weighted by Crippen LogP contribution is 2.26. The normalized spacial score (nSPS) is 13.9. The second-order valence-corrected chi connectivity index (χ2v) is 7.35. The Hall–Kier alpha value is -3.78. The number of hydrogen-bond acceptors (Lipinski definition) is 6. The van der Waals surface area contributed by atoms with Crippen molar-refractivity contribution in [3.8, 4) is 28.4 Å². The molecule has 1 aliphatic rings. The number of aromatic amines is 2. The van der Waals surface area contributed by atoms with Crippen LogP contribution < -0.4 is 5.56 Å². The third kappa shape index (κ3) is 3.48. The number of pyridine rings is 1. The Bertz CT molecular complexity index is 1230. The molecule has 0 amide bonds. The van der Waals surface area contributed by atoms with E-state index in [4.69, 9.17) is 4.98 Å². The predicted octanol–water partition coefficient (Wildman–Crippen LogP) is 2.49. The van der Waals surface area contributed by atoms with Crippen LogP contribution in [0.5, 0.6) is 5.75 Å². The van der Waals surface area contributed by atoms with Gasteiger partial charge in [-0.1, -0.05) is 0 Å². The number of hydrogen-bond donors (Lipinski definition) is 3. The van der Waals surface area contributed by atoms with Crippen LogP contribution in [0.25, 0.3) is 22.6 Å². The molecular weight excluding hydrogens is 380 g/mol. The maximum absolute atomic E-state index is 12.6. The Morgan fingerprint density at radius 1 is 1.07 bits per heavy atom. The van der Waals surface area contributed by atoms with Gasteiger partial charge in [0.05, 0.1) is 17.6 Å². The van der Waals surface area contributed by atoms with E-state index < -0.39 is 0 Å². The molecular formula is C22H20N6O2. The van der Waals surface area contributed by atoms with Crippen LogP contribution in [0.1, 0.15) is 16.8 Å². The van der Waals surface area contributed by atoms with Gasteiger partial charge in [-0.25, -0.2) is 4.98 Å². The highest BCUT2D eigenvalue weighted by molar-refractivity contribution is 5.63. The summed E-state index contributed by atoms with van der Waals surface area (Å²) >= 11 is 0. The van der Waals surface area contributed by atoms with Gasteiger partial charge in [0.1, 0.15) is 11.6 Å². The van der Waals surface area contributed by atoms with Gasteiger partial charge in [0.25, 0.3) is 5.56 Å². The minimum absolute atomic E-state index is 0.0699. The topological polar surface area (TPSA) is 111 Å². The van der Waals surface area contributed by atoms with Gasteiger partial charge in [-0.15, -0.1) is 0 Å². The molecule has 4 aromatic rings. The monoisotopic (exact) mass is 400 g/mol. The van der Waals surface area contributed by atoms with Crippen molar-refractivity contribution >= 4 is 0 Å². The highest BCUT2D eigenvalue weighted by atomic mass is 16.3. The van der Waals surface area contributed by atoms with Crippen molar-refractivity contribution in [1.82, 2.24) is 30.0 Å². The molecule has 0 atom stereocenters. The van der Waals surface area contributed by atoms with Crippen LogP contribution >= 0.6 is 0 Å². The zero-order chi connectivity index (χ0) is 20.5. The molecule has 0 spiro atoms. The van der Waals surface area contributed by atoms with E-state index in [1.165, 1.54) is 0 Å². The van der Waals surface area contributed by atoms with Crippen LogP contribution in [0, 0.1) is 0 Å². The molecule has 150 valence electrons. The first-order valence-electron chi connectivity index (χ1n) is 9.74. The molecule has 30 heavy (non-hydrogen) atoms. The molecule has 8 heteroatoms. The first kappa shape index (κ1) is 18.3. The van der Waals surface area contributed by atoms with E-state index in [1.807, 2.05) is 30.5 Å². The smallest absolute Gasteiger partial charge is 0.254 e. The summed E-state index contributed by atoms with van der Waals surface area (Å²) in [4.78, 5) is 26.5.